The normalized spacial score (nSPS) is 34.5. The number of fused-ring (bicyclic) bond motifs is 2. The molecule has 0 aromatic carbocycles. The number of nitrogens with two attached hydrogens (primary N) is 1. The molecule has 16 heavy (non-hydrogen) atoms. The minimum Gasteiger partial charge on any atom is -0.457 e. The third-order valence-electron chi connectivity index (χ3n) is 4.49. The highest BCUT2D eigenvalue weighted by atomic mass is 79.9. The van der Waals surface area contributed by atoms with Crippen molar-refractivity contribution < 1.29 is 4.42 Å². The molecule has 4 unspecified atom stereocenters. The van der Waals surface area contributed by atoms with Crippen LogP contribution < -0.4 is 5.73 Å². The van der Waals surface area contributed by atoms with Crippen molar-refractivity contribution in [3.05, 3.63) is 22.6 Å². The van der Waals surface area contributed by atoms with Gasteiger partial charge in [0.15, 0.2) is 4.67 Å². The van der Waals surface area contributed by atoms with Gasteiger partial charge in [0.05, 0.1) is 6.26 Å². The Kier molecular flexibility index (Phi) is 2.84. The van der Waals surface area contributed by atoms with Crippen LogP contribution in [0.15, 0.2) is 21.4 Å². The molecule has 1 aromatic rings. The average molecular weight is 284 g/mol. The quantitative estimate of drug-likeness (QED) is 0.915. The van der Waals surface area contributed by atoms with E-state index in [4.69, 9.17) is 10.2 Å². The van der Waals surface area contributed by atoms with E-state index < -0.39 is 0 Å². The zero-order chi connectivity index (χ0) is 11.1. The highest BCUT2D eigenvalue weighted by molar-refractivity contribution is 9.10. The topological polar surface area (TPSA) is 39.2 Å². The molecule has 2 nitrogen and oxygen atoms in total. The number of halogens is 1. The van der Waals surface area contributed by atoms with Gasteiger partial charge >= 0.3 is 0 Å². The first-order chi connectivity index (χ1) is 7.74. The summed E-state index contributed by atoms with van der Waals surface area (Å²) in [5, 5.41) is 0. The molecule has 2 bridgehead atoms. The molecule has 1 aromatic heterocycles. The van der Waals surface area contributed by atoms with Gasteiger partial charge in [0.2, 0.25) is 0 Å². The summed E-state index contributed by atoms with van der Waals surface area (Å²) in [6, 6.07) is 2.12. The van der Waals surface area contributed by atoms with Crippen LogP contribution in [0.25, 0.3) is 0 Å². The summed E-state index contributed by atoms with van der Waals surface area (Å²) < 4.78 is 6.06. The minimum atomic E-state index is 0.137. The van der Waals surface area contributed by atoms with E-state index in [0.717, 1.165) is 34.4 Å². The summed E-state index contributed by atoms with van der Waals surface area (Å²) in [5.74, 6) is 2.83. The predicted molar refractivity (Wildman–Crippen MR) is 66.9 cm³/mol. The van der Waals surface area contributed by atoms with Crippen molar-refractivity contribution in [3.63, 3.8) is 0 Å². The minimum absolute atomic E-state index is 0.137. The second kappa shape index (κ2) is 4.19. The molecule has 4 atom stereocenters. The molecule has 3 rings (SSSR count). The van der Waals surface area contributed by atoms with Gasteiger partial charge in [-0.2, -0.15) is 0 Å². The largest absolute Gasteiger partial charge is 0.457 e. The van der Waals surface area contributed by atoms with Crippen LogP contribution >= 0.6 is 15.9 Å². The van der Waals surface area contributed by atoms with Crippen molar-refractivity contribution in [3.8, 4) is 0 Å². The van der Waals surface area contributed by atoms with Crippen LogP contribution in [0, 0.1) is 17.8 Å². The first-order valence-corrected chi connectivity index (χ1v) is 7.02. The van der Waals surface area contributed by atoms with Gasteiger partial charge in [-0.05, 0) is 65.4 Å². The summed E-state index contributed by atoms with van der Waals surface area (Å²) in [5.41, 5.74) is 7.39. The van der Waals surface area contributed by atoms with Crippen LogP contribution in [0.2, 0.25) is 0 Å². The number of furan rings is 1. The second-order valence-corrected chi connectivity index (χ2v) is 6.15. The van der Waals surface area contributed by atoms with E-state index in [2.05, 4.69) is 15.9 Å². The maximum absolute atomic E-state index is 6.26. The lowest BCUT2D eigenvalue weighted by molar-refractivity contribution is 0.295. The molecule has 0 aliphatic heterocycles. The molecule has 0 spiro atoms. The fraction of sp³-hybridized carbons (Fsp3) is 0.692. The fourth-order valence-electron chi connectivity index (χ4n) is 3.69. The lowest BCUT2D eigenvalue weighted by Crippen LogP contribution is -2.19. The molecule has 88 valence electrons. The van der Waals surface area contributed by atoms with Crippen molar-refractivity contribution in [1.29, 1.82) is 0 Å². The van der Waals surface area contributed by atoms with E-state index in [9.17, 15) is 0 Å². The molecule has 2 saturated carbocycles. The smallest absolute Gasteiger partial charge is 0.173 e. The second-order valence-electron chi connectivity index (χ2n) is 5.43. The Hall–Kier alpha value is -0.280. The zero-order valence-corrected chi connectivity index (χ0v) is 10.9. The van der Waals surface area contributed by atoms with Crippen LogP contribution in [-0.4, -0.2) is 0 Å². The van der Waals surface area contributed by atoms with Crippen molar-refractivity contribution in [1.82, 2.24) is 0 Å². The molecule has 2 aliphatic rings. The standard InChI is InChI=1S/C13H18BrNO/c14-13-11(3-4-16-13)12(15)7-10-6-8-1-2-9(10)5-8/h3-4,8-10,12H,1-2,5-7,15H2. The molecule has 1 heterocycles. The molecule has 2 N–H and O–H groups in total. The lowest BCUT2D eigenvalue weighted by Gasteiger charge is -2.24. The molecule has 0 radical (unpaired) electrons. The third kappa shape index (κ3) is 1.84. The zero-order valence-electron chi connectivity index (χ0n) is 9.36. The lowest BCUT2D eigenvalue weighted by atomic mass is 9.83. The maximum Gasteiger partial charge on any atom is 0.173 e. The van der Waals surface area contributed by atoms with Gasteiger partial charge in [-0.15, -0.1) is 0 Å². The number of hydrogen-bond donors (Lipinski definition) is 1. The summed E-state index contributed by atoms with van der Waals surface area (Å²) in [7, 11) is 0. The predicted octanol–water partition coefficient (Wildman–Crippen LogP) is 3.87. The van der Waals surface area contributed by atoms with Crippen molar-refractivity contribution in [2.45, 2.75) is 38.1 Å². The maximum atomic E-state index is 6.26. The van der Waals surface area contributed by atoms with Crippen molar-refractivity contribution in [2.24, 2.45) is 23.5 Å². The SMILES string of the molecule is NC(CC1CC2CCC1C2)c1ccoc1Br. The summed E-state index contributed by atoms with van der Waals surface area (Å²) in [6.07, 6.45) is 8.61. The Morgan fingerprint density at radius 2 is 2.31 bits per heavy atom. The highest BCUT2D eigenvalue weighted by Crippen LogP contribution is 2.50. The van der Waals surface area contributed by atoms with Gasteiger partial charge in [-0.3, -0.25) is 0 Å². The summed E-state index contributed by atoms with van der Waals surface area (Å²) in [4.78, 5) is 0. The summed E-state index contributed by atoms with van der Waals surface area (Å²) >= 11 is 3.41. The number of hydrogen-bond acceptors (Lipinski definition) is 2. The summed E-state index contributed by atoms with van der Waals surface area (Å²) in [6.45, 7) is 0. The Morgan fingerprint density at radius 1 is 1.44 bits per heavy atom. The van der Waals surface area contributed by atoms with E-state index in [1.54, 1.807) is 6.26 Å². The van der Waals surface area contributed by atoms with Crippen molar-refractivity contribution in [2.75, 3.05) is 0 Å². The van der Waals surface area contributed by atoms with Crippen LogP contribution in [0.5, 0.6) is 0 Å². The average Bonchev–Trinajstić information content (AvgIpc) is 2.92. The van der Waals surface area contributed by atoms with Gasteiger partial charge in [0.1, 0.15) is 0 Å². The van der Waals surface area contributed by atoms with E-state index >= 15 is 0 Å². The Balaban J connectivity index is 1.65. The van der Waals surface area contributed by atoms with Gasteiger partial charge in [-0.1, -0.05) is 6.42 Å². The van der Waals surface area contributed by atoms with Crippen molar-refractivity contribution >= 4 is 15.9 Å². The van der Waals surface area contributed by atoms with E-state index in [-0.39, 0.29) is 6.04 Å². The third-order valence-corrected chi connectivity index (χ3v) is 5.13. The monoisotopic (exact) mass is 283 g/mol. The molecule has 0 saturated heterocycles. The Labute approximate surface area is 105 Å². The van der Waals surface area contributed by atoms with Crippen LogP contribution in [0.4, 0.5) is 0 Å². The number of rotatable bonds is 3. The van der Waals surface area contributed by atoms with E-state index in [1.807, 2.05) is 6.07 Å². The van der Waals surface area contributed by atoms with E-state index in [1.165, 1.54) is 25.7 Å². The molecule has 2 aliphatic carbocycles. The fourth-order valence-corrected chi connectivity index (χ4v) is 4.22. The first-order valence-electron chi connectivity index (χ1n) is 6.22. The van der Waals surface area contributed by atoms with E-state index in [0.29, 0.717) is 0 Å². The molecule has 2 fully saturated rings. The molecular formula is C13H18BrNO. The van der Waals surface area contributed by atoms with Gasteiger partial charge in [0.25, 0.3) is 0 Å². The van der Waals surface area contributed by atoms with Gasteiger partial charge in [0, 0.05) is 11.6 Å². The Bertz CT molecular complexity index is 376. The van der Waals surface area contributed by atoms with Gasteiger partial charge in [-0.25, -0.2) is 0 Å². The van der Waals surface area contributed by atoms with Gasteiger partial charge < -0.3 is 10.2 Å². The van der Waals surface area contributed by atoms with Crippen LogP contribution in [-0.2, 0) is 0 Å². The highest BCUT2D eigenvalue weighted by Gasteiger charge is 2.40. The Morgan fingerprint density at radius 3 is 2.88 bits per heavy atom. The molecule has 0 amide bonds. The molecular weight excluding hydrogens is 266 g/mol. The van der Waals surface area contributed by atoms with Crippen LogP contribution in [0.1, 0.15) is 43.7 Å². The first kappa shape index (κ1) is 10.8. The molecule has 3 heteroatoms. The van der Waals surface area contributed by atoms with Crippen LogP contribution in [0.3, 0.4) is 0 Å².